The first-order valence-corrected chi connectivity index (χ1v) is 11.2. The van der Waals surface area contributed by atoms with Crippen LogP contribution in [0.25, 0.3) is 0 Å². The van der Waals surface area contributed by atoms with E-state index >= 15 is 0 Å². The number of carbonyl (C=O) groups is 1. The topological polar surface area (TPSA) is 93.8 Å². The first-order chi connectivity index (χ1) is 14.0. The number of piperidine rings is 1. The maximum atomic E-state index is 13.4. The Morgan fingerprint density at radius 2 is 2.07 bits per heavy atom. The van der Waals surface area contributed by atoms with Gasteiger partial charge in [0.15, 0.2) is 0 Å². The van der Waals surface area contributed by atoms with Crippen LogP contribution in [0.4, 0.5) is 5.69 Å². The number of thioether (sulfide) groups is 1. The van der Waals surface area contributed by atoms with Gasteiger partial charge in [0.05, 0.1) is 0 Å². The lowest BCUT2D eigenvalue weighted by atomic mass is 9.82. The lowest BCUT2D eigenvalue weighted by molar-refractivity contribution is -0.137. The largest absolute Gasteiger partial charge is 0.733 e. The number of hydrogen-bond donors (Lipinski definition) is 1. The van der Waals surface area contributed by atoms with Gasteiger partial charge >= 0.3 is 0 Å². The van der Waals surface area contributed by atoms with Gasteiger partial charge in [0.1, 0.15) is 11.7 Å². The number of fused-ring (bicyclic) bond motifs is 4. The molecule has 8 nitrogen and oxygen atoms in total. The van der Waals surface area contributed by atoms with E-state index in [0.29, 0.717) is 19.6 Å². The Balaban J connectivity index is 1.58. The number of aromatic nitrogens is 2. The van der Waals surface area contributed by atoms with Crippen molar-refractivity contribution < 1.29 is 10.0 Å². The van der Waals surface area contributed by atoms with E-state index in [1.54, 1.807) is 22.4 Å². The highest BCUT2D eigenvalue weighted by molar-refractivity contribution is 7.98. The van der Waals surface area contributed by atoms with Gasteiger partial charge in [0, 0.05) is 43.6 Å². The molecule has 0 spiro atoms. The second kappa shape index (κ2) is 8.25. The number of carbonyl (C=O) groups excluding carboxylic acids is 1. The third kappa shape index (κ3) is 3.82. The van der Waals surface area contributed by atoms with Gasteiger partial charge in [-0.15, -0.1) is 0 Å². The highest BCUT2D eigenvalue weighted by Crippen LogP contribution is 2.36. The van der Waals surface area contributed by atoms with Crippen molar-refractivity contribution in [2.24, 2.45) is 5.92 Å². The Labute approximate surface area is 173 Å². The molecule has 3 unspecified atom stereocenters. The molecule has 1 N–H and O–H groups in total. The zero-order valence-electron chi connectivity index (χ0n) is 16.3. The van der Waals surface area contributed by atoms with Crippen LogP contribution in [0.1, 0.15) is 30.5 Å². The van der Waals surface area contributed by atoms with Gasteiger partial charge in [-0.3, -0.25) is 14.8 Å². The van der Waals surface area contributed by atoms with Crippen LogP contribution in [0.5, 0.6) is 0 Å². The fourth-order valence-electron chi connectivity index (χ4n) is 4.66. The highest BCUT2D eigenvalue weighted by Gasteiger charge is 2.38. The van der Waals surface area contributed by atoms with Crippen LogP contribution >= 0.6 is 11.8 Å². The molecule has 29 heavy (non-hydrogen) atoms. The Kier molecular flexibility index (Phi) is 5.71. The Morgan fingerprint density at radius 3 is 2.76 bits per heavy atom. The Bertz CT molecular complexity index is 927. The van der Waals surface area contributed by atoms with Gasteiger partial charge in [-0.25, -0.2) is 0 Å². The van der Waals surface area contributed by atoms with Crippen molar-refractivity contribution in [1.82, 2.24) is 14.0 Å². The second-order valence-corrected chi connectivity index (χ2v) is 8.79. The molecule has 0 aromatic carbocycles. The smallest absolute Gasteiger partial charge is 0.275 e. The summed E-state index contributed by atoms with van der Waals surface area (Å²) in [5, 5.41) is 20.0. The van der Waals surface area contributed by atoms with E-state index in [2.05, 4.69) is 0 Å². The third-order valence-corrected chi connectivity index (χ3v) is 6.61. The summed E-state index contributed by atoms with van der Waals surface area (Å²) in [6, 6.07) is 6.74. The van der Waals surface area contributed by atoms with E-state index in [0.717, 1.165) is 24.3 Å². The quantitative estimate of drug-likeness (QED) is 0.725. The van der Waals surface area contributed by atoms with Gasteiger partial charge in [-0.05, 0) is 55.0 Å². The van der Waals surface area contributed by atoms with E-state index in [1.165, 1.54) is 6.07 Å². The van der Waals surface area contributed by atoms with E-state index in [9.17, 15) is 14.8 Å². The van der Waals surface area contributed by atoms with Gasteiger partial charge in [0.25, 0.3) is 5.56 Å². The van der Waals surface area contributed by atoms with Crippen LogP contribution in [0.15, 0.2) is 41.5 Å². The van der Waals surface area contributed by atoms with Crippen LogP contribution in [0, 0.1) is 11.1 Å². The van der Waals surface area contributed by atoms with Crippen molar-refractivity contribution in [2.45, 2.75) is 31.3 Å². The lowest BCUT2D eigenvalue weighted by Crippen LogP contribution is -2.51. The molecule has 156 valence electrons. The Hall–Kier alpha value is -2.23. The number of likely N-dealkylation sites (tertiary alicyclic amines) is 1. The van der Waals surface area contributed by atoms with Crippen molar-refractivity contribution in [1.29, 1.82) is 0 Å². The average molecular weight is 418 g/mol. The molecule has 4 heterocycles. The number of pyridine rings is 1. The normalized spacial score (nSPS) is 21.6. The van der Waals surface area contributed by atoms with E-state index in [4.69, 9.17) is 5.21 Å². The first kappa shape index (κ1) is 20.1. The number of hydrogen-bond acceptors (Lipinski definition) is 6. The summed E-state index contributed by atoms with van der Waals surface area (Å²) in [6.07, 6.45) is 7.61. The molecule has 9 heteroatoms. The summed E-state index contributed by atoms with van der Waals surface area (Å²) >= 11 is 1.73. The van der Waals surface area contributed by atoms with Crippen LogP contribution in [0.2, 0.25) is 0 Å². The first-order valence-electron chi connectivity index (χ1n) is 9.79. The minimum Gasteiger partial charge on any atom is -0.733 e. The lowest BCUT2D eigenvalue weighted by Gasteiger charge is -2.44. The predicted molar refractivity (Wildman–Crippen MR) is 112 cm³/mol. The SMILES string of the molecule is CSCCC(C(=O)N1CC2CC(C1)c1ccc(N([O-])O)c(=O)n1C2)n1cccc1. The van der Waals surface area contributed by atoms with Crippen molar-refractivity contribution in [3.63, 3.8) is 0 Å². The van der Waals surface area contributed by atoms with E-state index in [1.807, 2.05) is 40.2 Å². The molecule has 2 aromatic heterocycles. The fraction of sp³-hybridized carbons (Fsp3) is 0.500. The fourth-order valence-corrected chi connectivity index (χ4v) is 5.11. The molecule has 1 fully saturated rings. The van der Waals surface area contributed by atoms with Crippen LogP contribution in [-0.4, -0.2) is 50.2 Å². The standard InChI is InChI=1S/C20H25N4O4S/c1-29-9-6-17(21-7-2-3-8-21)19(25)22-11-14-10-15(13-22)16-4-5-18(24(27)28)20(26)23(16)12-14/h2-5,7-8,14-15,17,27H,6,9-13H2,1H3/q-1. The minimum atomic E-state index is -0.473. The van der Waals surface area contributed by atoms with Crippen LogP contribution < -0.4 is 10.8 Å². The number of rotatable bonds is 6. The van der Waals surface area contributed by atoms with Gasteiger partial charge in [-0.1, -0.05) is 0 Å². The molecule has 3 atom stereocenters. The Morgan fingerprint density at radius 1 is 1.31 bits per heavy atom. The van der Waals surface area contributed by atoms with Crippen molar-refractivity contribution in [3.8, 4) is 0 Å². The minimum absolute atomic E-state index is 0.0536. The summed E-state index contributed by atoms with van der Waals surface area (Å²) in [7, 11) is 0. The molecular formula is C20H25N4O4S-. The molecule has 2 aromatic rings. The third-order valence-electron chi connectivity index (χ3n) is 5.97. The summed E-state index contributed by atoms with van der Waals surface area (Å²) in [6.45, 7) is 1.61. The summed E-state index contributed by atoms with van der Waals surface area (Å²) in [5.74, 6) is 1.24. The van der Waals surface area contributed by atoms with Crippen molar-refractivity contribution in [3.05, 3.63) is 57.9 Å². The van der Waals surface area contributed by atoms with Gasteiger partial charge in [0.2, 0.25) is 5.91 Å². The second-order valence-electron chi connectivity index (χ2n) is 7.80. The maximum Gasteiger partial charge on any atom is 0.275 e. The molecule has 2 aliphatic heterocycles. The molecule has 1 saturated heterocycles. The molecular weight excluding hydrogens is 392 g/mol. The molecule has 4 rings (SSSR count). The van der Waals surface area contributed by atoms with E-state index < -0.39 is 5.56 Å². The number of nitrogens with zero attached hydrogens (tertiary/aromatic N) is 4. The zero-order valence-corrected chi connectivity index (χ0v) is 17.1. The van der Waals surface area contributed by atoms with Crippen LogP contribution in [0.3, 0.4) is 0 Å². The van der Waals surface area contributed by atoms with Gasteiger partial charge < -0.3 is 24.5 Å². The number of anilines is 1. The molecule has 0 aliphatic carbocycles. The number of amides is 1. The molecule has 1 amide bonds. The monoisotopic (exact) mass is 417 g/mol. The molecule has 0 saturated carbocycles. The maximum absolute atomic E-state index is 13.4. The average Bonchev–Trinajstić information content (AvgIpc) is 3.23. The summed E-state index contributed by atoms with van der Waals surface area (Å²) < 4.78 is 3.58. The molecule has 2 aliphatic rings. The molecule has 0 radical (unpaired) electrons. The highest BCUT2D eigenvalue weighted by atomic mass is 32.2. The zero-order chi connectivity index (χ0) is 20.5. The predicted octanol–water partition coefficient (Wildman–Crippen LogP) is 2.28. The molecule has 2 bridgehead atoms. The summed E-state index contributed by atoms with van der Waals surface area (Å²) in [4.78, 5) is 27.9. The van der Waals surface area contributed by atoms with Crippen LogP contribution in [-0.2, 0) is 11.3 Å². The van der Waals surface area contributed by atoms with Gasteiger partial charge in [-0.2, -0.15) is 11.8 Å². The van der Waals surface area contributed by atoms with E-state index in [-0.39, 0.29) is 34.7 Å². The van der Waals surface area contributed by atoms with Crippen molar-refractivity contribution >= 4 is 23.4 Å². The van der Waals surface area contributed by atoms with Crippen molar-refractivity contribution in [2.75, 3.05) is 30.3 Å². The summed E-state index contributed by atoms with van der Waals surface area (Å²) in [5.41, 5.74) is 0.0852.